The van der Waals surface area contributed by atoms with Gasteiger partial charge in [-0.1, -0.05) is 29.8 Å². The molecule has 0 saturated carbocycles. The van der Waals surface area contributed by atoms with Gasteiger partial charge in [-0.15, -0.1) is 11.3 Å². The second-order valence-electron chi connectivity index (χ2n) is 7.45. The van der Waals surface area contributed by atoms with Crippen molar-refractivity contribution in [3.8, 4) is 10.6 Å². The van der Waals surface area contributed by atoms with Crippen molar-refractivity contribution in [3.05, 3.63) is 40.2 Å². The van der Waals surface area contributed by atoms with E-state index in [1.165, 1.54) is 21.8 Å². The second-order valence-corrected chi connectivity index (χ2v) is 8.72. The zero-order valence-corrected chi connectivity index (χ0v) is 18.3. The van der Waals surface area contributed by atoms with Crippen LogP contribution in [-0.2, 0) is 4.74 Å². The first-order valence-electron chi connectivity index (χ1n) is 10.1. The number of halogens is 1. The minimum absolute atomic E-state index is 0.214. The minimum Gasteiger partial charge on any atom is -0.465 e. The molecule has 3 N–H and O–H groups in total. The number of rotatable bonds is 4. The van der Waals surface area contributed by atoms with E-state index in [1.807, 2.05) is 18.2 Å². The van der Waals surface area contributed by atoms with E-state index < -0.39 is 12.1 Å². The number of thiazole rings is 1. The molecule has 2 aliphatic rings. The summed E-state index contributed by atoms with van der Waals surface area (Å²) in [4.78, 5) is 29.2. The fraction of sp³-hybridized carbons (Fsp3) is 0.381. The molecule has 1 saturated heterocycles. The molecule has 8 nitrogen and oxygen atoms in total. The van der Waals surface area contributed by atoms with E-state index in [0.29, 0.717) is 37.1 Å². The third kappa shape index (κ3) is 5.36. The summed E-state index contributed by atoms with van der Waals surface area (Å²) in [5.74, 6) is 0.440. The normalized spacial score (nSPS) is 18.9. The Bertz CT molecular complexity index is 1010. The van der Waals surface area contributed by atoms with Crippen LogP contribution >= 0.6 is 22.9 Å². The average molecular weight is 463 g/mol. The molecule has 4 rings (SSSR count). The predicted molar refractivity (Wildman–Crippen MR) is 121 cm³/mol. The Morgan fingerprint density at radius 3 is 2.97 bits per heavy atom. The number of urea groups is 1. The molecule has 164 valence electrons. The van der Waals surface area contributed by atoms with E-state index in [2.05, 4.69) is 21.7 Å². The highest BCUT2D eigenvalue weighted by atomic mass is 35.5. The molecule has 0 bridgehead atoms. The lowest BCUT2D eigenvalue weighted by Gasteiger charge is -2.31. The summed E-state index contributed by atoms with van der Waals surface area (Å²) in [5, 5.41) is 17.8. The zero-order chi connectivity index (χ0) is 21.8. The van der Waals surface area contributed by atoms with Crippen LogP contribution in [-0.4, -0.2) is 59.5 Å². The van der Waals surface area contributed by atoms with E-state index in [9.17, 15) is 9.59 Å². The summed E-state index contributed by atoms with van der Waals surface area (Å²) in [7, 11) is 0. The number of carboxylic acid groups (broad SMARTS) is 1. The number of nitrogens with zero attached hydrogens (tertiary/aromatic N) is 2. The van der Waals surface area contributed by atoms with Crippen molar-refractivity contribution in [1.29, 1.82) is 0 Å². The number of hydrogen-bond donors (Lipinski definition) is 3. The highest BCUT2D eigenvalue weighted by molar-refractivity contribution is 7.13. The van der Waals surface area contributed by atoms with Crippen LogP contribution in [0.25, 0.3) is 16.1 Å². The zero-order valence-electron chi connectivity index (χ0n) is 16.8. The largest absolute Gasteiger partial charge is 0.465 e. The number of likely N-dealkylation sites (tertiary alicyclic amines) is 1. The number of amides is 3. The van der Waals surface area contributed by atoms with Crippen LogP contribution in [0, 0.1) is 0 Å². The van der Waals surface area contributed by atoms with Crippen molar-refractivity contribution < 1.29 is 19.4 Å². The van der Waals surface area contributed by atoms with Crippen molar-refractivity contribution >= 4 is 46.5 Å². The molecule has 0 unspecified atom stereocenters. The van der Waals surface area contributed by atoms with Gasteiger partial charge in [0.2, 0.25) is 0 Å². The molecule has 1 aromatic carbocycles. The number of benzene rings is 1. The van der Waals surface area contributed by atoms with Crippen molar-refractivity contribution in [1.82, 2.24) is 15.2 Å². The van der Waals surface area contributed by atoms with Gasteiger partial charge < -0.3 is 20.1 Å². The molecule has 1 aromatic heterocycles. The maximum absolute atomic E-state index is 12.3. The van der Waals surface area contributed by atoms with Crippen LogP contribution in [0.5, 0.6) is 0 Å². The van der Waals surface area contributed by atoms with E-state index in [-0.39, 0.29) is 6.04 Å². The average Bonchev–Trinajstić information content (AvgIpc) is 3.22. The first-order chi connectivity index (χ1) is 15.0. The second kappa shape index (κ2) is 9.67. The molecule has 3 heterocycles. The van der Waals surface area contributed by atoms with Crippen LogP contribution in [0.1, 0.15) is 24.8 Å². The smallest absolute Gasteiger partial charge is 0.407 e. The fourth-order valence-corrected chi connectivity index (χ4v) is 4.80. The number of carbonyl (C=O) groups is 2. The molecular formula is C21H23ClN4O4S. The quantitative estimate of drug-likeness (QED) is 0.619. The topological polar surface area (TPSA) is 104 Å². The molecule has 1 atom stereocenters. The number of ether oxygens (including phenoxy) is 1. The highest BCUT2D eigenvalue weighted by Gasteiger charge is 2.24. The number of nitrogens with one attached hydrogen (secondary N) is 2. The lowest BCUT2D eigenvalue weighted by Crippen LogP contribution is -2.50. The SMILES string of the molecule is O=C(Nc1csc(-c2ccc(C3=CCOCC3)c(Cl)c2)n1)N[C@H]1CCCN(C(=O)O)C1. The molecule has 3 amide bonds. The Kier molecular flexibility index (Phi) is 6.74. The Morgan fingerprint density at radius 2 is 2.23 bits per heavy atom. The first kappa shape index (κ1) is 21.6. The summed E-state index contributed by atoms with van der Waals surface area (Å²) in [6.07, 6.45) is 3.39. The van der Waals surface area contributed by atoms with Crippen molar-refractivity contribution in [2.75, 3.05) is 31.6 Å². The lowest BCUT2D eigenvalue weighted by molar-refractivity contribution is 0.127. The minimum atomic E-state index is -0.964. The van der Waals surface area contributed by atoms with E-state index >= 15 is 0 Å². The highest BCUT2D eigenvalue weighted by Crippen LogP contribution is 2.33. The monoisotopic (exact) mass is 462 g/mol. The Hall–Kier alpha value is -2.62. The predicted octanol–water partition coefficient (Wildman–Crippen LogP) is 4.53. The van der Waals surface area contributed by atoms with Gasteiger partial charge in [0.1, 0.15) is 10.8 Å². The van der Waals surface area contributed by atoms with Crippen molar-refractivity contribution in [3.63, 3.8) is 0 Å². The number of carbonyl (C=O) groups excluding carboxylic acids is 1. The van der Waals surface area contributed by atoms with E-state index in [0.717, 1.165) is 35.4 Å². The Morgan fingerprint density at radius 1 is 1.35 bits per heavy atom. The van der Waals surface area contributed by atoms with Gasteiger partial charge >= 0.3 is 12.1 Å². The summed E-state index contributed by atoms with van der Waals surface area (Å²) in [5.41, 5.74) is 3.07. The molecule has 1 fully saturated rings. The van der Waals surface area contributed by atoms with Gasteiger partial charge in [0.05, 0.1) is 13.2 Å². The van der Waals surface area contributed by atoms with Crippen LogP contribution in [0.4, 0.5) is 15.4 Å². The van der Waals surface area contributed by atoms with Crippen molar-refractivity contribution in [2.45, 2.75) is 25.3 Å². The van der Waals surface area contributed by atoms with Gasteiger partial charge in [0.25, 0.3) is 0 Å². The van der Waals surface area contributed by atoms with Gasteiger partial charge in [-0.25, -0.2) is 14.6 Å². The van der Waals surface area contributed by atoms with E-state index in [4.69, 9.17) is 21.4 Å². The van der Waals surface area contributed by atoms with Crippen LogP contribution in [0.15, 0.2) is 29.7 Å². The molecule has 31 heavy (non-hydrogen) atoms. The lowest BCUT2D eigenvalue weighted by atomic mass is 10.0. The third-order valence-electron chi connectivity index (χ3n) is 5.30. The maximum atomic E-state index is 12.3. The molecule has 10 heteroatoms. The fourth-order valence-electron chi connectivity index (χ4n) is 3.75. The molecule has 2 aliphatic heterocycles. The standard InChI is InChI=1S/C21H23ClN4O4S/c22-17-10-14(3-4-16(17)13-5-8-30-9-6-13)19-24-18(12-31-19)25-20(27)23-15-2-1-7-26(11-15)21(28)29/h3-5,10,12,15H,1-2,6-9,11H2,(H,28,29)(H2,23,25,27)/t15-/m0/s1. The molecule has 0 spiro atoms. The van der Waals surface area contributed by atoms with Crippen LogP contribution in [0.3, 0.4) is 0 Å². The van der Waals surface area contributed by atoms with Crippen LogP contribution in [0.2, 0.25) is 5.02 Å². The summed E-state index contributed by atoms with van der Waals surface area (Å²) in [6, 6.07) is 5.25. The van der Waals surface area contributed by atoms with Crippen LogP contribution < -0.4 is 10.6 Å². The molecule has 0 radical (unpaired) electrons. The Labute approximate surface area is 188 Å². The number of aromatic nitrogens is 1. The van der Waals surface area contributed by atoms with Gasteiger partial charge in [-0.3, -0.25) is 5.32 Å². The van der Waals surface area contributed by atoms with Gasteiger partial charge in [0, 0.05) is 35.1 Å². The third-order valence-corrected chi connectivity index (χ3v) is 6.50. The maximum Gasteiger partial charge on any atom is 0.407 e. The van der Waals surface area contributed by atoms with Crippen molar-refractivity contribution in [2.24, 2.45) is 0 Å². The Balaban J connectivity index is 1.38. The number of hydrogen-bond acceptors (Lipinski definition) is 5. The number of piperidine rings is 1. The molecule has 2 aromatic rings. The summed E-state index contributed by atoms with van der Waals surface area (Å²) in [6.45, 7) is 2.09. The first-order valence-corrected chi connectivity index (χ1v) is 11.3. The number of anilines is 1. The summed E-state index contributed by atoms with van der Waals surface area (Å²) >= 11 is 7.93. The van der Waals surface area contributed by atoms with Gasteiger partial charge in [0.15, 0.2) is 0 Å². The van der Waals surface area contributed by atoms with Gasteiger partial charge in [-0.05, 0) is 36.5 Å². The van der Waals surface area contributed by atoms with Gasteiger partial charge in [-0.2, -0.15) is 0 Å². The molecule has 0 aliphatic carbocycles. The summed E-state index contributed by atoms with van der Waals surface area (Å²) < 4.78 is 5.36. The molecular weight excluding hydrogens is 440 g/mol. The van der Waals surface area contributed by atoms with E-state index in [1.54, 1.807) is 5.38 Å².